The van der Waals surface area contributed by atoms with Crippen LogP contribution < -0.4 is 5.73 Å². The molecule has 0 fully saturated rings. The summed E-state index contributed by atoms with van der Waals surface area (Å²) in [5, 5.41) is 0. The van der Waals surface area contributed by atoms with Crippen LogP contribution >= 0.6 is 0 Å². The highest BCUT2D eigenvalue weighted by Gasteiger charge is 2.11. The molecule has 2 rings (SSSR count). The van der Waals surface area contributed by atoms with Gasteiger partial charge in [0.05, 0.1) is 18.6 Å². The number of aryl methyl sites for hydroxylation is 1. The summed E-state index contributed by atoms with van der Waals surface area (Å²) < 4.78 is 4.18. The summed E-state index contributed by atoms with van der Waals surface area (Å²) >= 11 is 0. The second kappa shape index (κ2) is 4.75. The Bertz CT molecular complexity index is 481. The van der Waals surface area contributed by atoms with Crippen LogP contribution in [0.4, 0.5) is 0 Å². The molecule has 0 bridgehead atoms. The van der Waals surface area contributed by atoms with Gasteiger partial charge in [-0.1, -0.05) is 13.8 Å². The molecule has 0 saturated heterocycles. The van der Waals surface area contributed by atoms with Gasteiger partial charge in [0, 0.05) is 31.7 Å². The first-order valence-electron chi connectivity index (χ1n) is 5.94. The average Bonchev–Trinajstić information content (AvgIpc) is 2.88. The van der Waals surface area contributed by atoms with E-state index in [1.807, 2.05) is 24.1 Å². The Labute approximate surface area is 102 Å². The molecule has 0 amide bonds. The van der Waals surface area contributed by atoms with Crippen molar-refractivity contribution in [3.8, 4) is 0 Å². The van der Waals surface area contributed by atoms with E-state index >= 15 is 0 Å². The number of rotatable bonds is 4. The number of nitrogens with two attached hydrogens (primary N) is 1. The third kappa shape index (κ3) is 2.58. The minimum Gasteiger partial charge on any atom is -0.348 e. The second-order valence-corrected chi connectivity index (χ2v) is 4.88. The summed E-state index contributed by atoms with van der Waals surface area (Å²) in [4.78, 5) is 4.11. The van der Waals surface area contributed by atoms with Gasteiger partial charge in [0.2, 0.25) is 0 Å². The zero-order valence-corrected chi connectivity index (χ0v) is 10.7. The average molecular weight is 232 g/mol. The molecule has 0 saturated carbocycles. The molecule has 92 valence electrons. The van der Waals surface area contributed by atoms with Gasteiger partial charge >= 0.3 is 0 Å². The summed E-state index contributed by atoms with van der Waals surface area (Å²) in [7, 11) is 2.01. The van der Waals surface area contributed by atoms with Gasteiger partial charge in [0.25, 0.3) is 0 Å². The van der Waals surface area contributed by atoms with E-state index in [0.717, 1.165) is 6.54 Å². The van der Waals surface area contributed by atoms with E-state index in [2.05, 4.69) is 41.9 Å². The fourth-order valence-corrected chi connectivity index (χ4v) is 1.86. The van der Waals surface area contributed by atoms with Crippen LogP contribution in [0.15, 0.2) is 31.0 Å². The molecule has 0 aliphatic rings. The van der Waals surface area contributed by atoms with E-state index in [9.17, 15) is 0 Å². The number of nitrogens with zero attached hydrogens (tertiary/aromatic N) is 3. The van der Waals surface area contributed by atoms with Crippen molar-refractivity contribution >= 4 is 0 Å². The molecule has 0 aliphatic carbocycles. The Balaban J connectivity index is 2.11. The van der Waals surface area contributed by atoms with E-state index in [1.165, 1.54) is 11.3 Å². The van der Waals surface area contributed by atoms with E-state index < -0.39 is 0 Å². The minimum absolute atomic E-state index is 0.114. The van der Waals surface area contributed by atoms with Crippen LogP contribution in [0.1, 0.15) is 31.1 Å². The van der Waals surface area contributed by atoms with Crippen LogP contribution in [0.2, 0.25) is 0 Å². The third-order valence-corrected chi connectivity index (χ3v) is 3.14. The quantitative estimate of drug-likeness (QED) is 0.875. The van der Waals surface area contributed by atoms with Gasteiger partial charge in [-0.05, 0) is 17.5 Å². The third-order valence-electron chi connectivity index (χ3n) is 3.14. The zero-order chi connectivity index (χ0) is 12.4. The maximum Gasteiger partial charge on any atom is 0.0946 e. The molecular formula is C13H20N4. The standard InChI is InChI=1S/C13H20N4/c1-10(2)13(14)11-4-5-17(7-11)8-12-6-15-9-16(12)3/h4-7,9-10,13H,8,14H2,1-3H3. The van der Waals surface area contributed by atoms with Crippen molar-refractivity contribution in [2.24, 2.45) is 18.7 Å². The van der Waals surface area contributed by atoms with Crippen molar-refractivity contribution in [2.45, 2.75) is 26.4 Å². The van der Waals surface area contributed by atoms with Crippen LogP contribution in [0.5, 0.6) is 0 Å². The molecule has 1 atom stereocenters. The van der Waals surface area contributed by atoms with Crippen LogP contribution in [0.3, 0.4) is 0 Å². The van der Waals surface area contributed by atoms with Gasteiger partial charge in [0.15, 0.2) is 0 Å². The van der Waals surface area contributed by atoms with Crippen LogP contribution in [0.25, 0.3) is 0 Å². The van der Waals surface area contributed by atoms with Crippen molar-refractivity contribution in [3.05, 3.63) is 42.2 Å². The molecule has 2 N–H and O–H groups in total. The van der Waals surface area contributed by atoms with Crippen molar-refractivity contribution in [2.75, 3.05) is 0 Å². The largest absolute Gasteiger partial charge is 0.348 e. The normalized spacial score (nSPS) is 13.2. The summed E-state index contributed by atoms with van der Waals surface area (Å²) in [6, 6.07) is 2.21. The molecule has 4 nitrogen and oxygen atoms in total. The summed E-state index contributed by atoms with van der Waals surface area (Å²) in [6.07, 6.45) is 7.91. The number of imidazole rings is 1. The van der Waals surface area contributed by atoms with Gasteiger partial charge in [-0.3, -0.25) is 0 Å². The fraction of sp³-hybridized carbons (Fsp3) is 0.462. The smallest absolute Gasteiger partial charge is 0.0946 e. The van der Waals surface area contributed by atoms with Crippen LogP contribution in [-0.2, 0) is 13.6 Å². The van der Waals surface area contributed by atoms with Crippen molar-refractivity contribution in [3.63, 3.8) is 0 Å². The molecule has 2 heterocycles. The highest BCUT2D eigenvalue weighted by molar-refractivity contribution is 5.16. The lowest BCUT2D eigenvalue weighted by Gasteiger charge is -2.13. The molecule has 4 heteroatoms. The summed E-state index contributed by atoms with van der Waals surface area (Å²) in [6.45, 7) is 5.12. The maximum atomic E-state index is 6.12. The van der Waals surface area contributed by atoms with Crippen molar-refractivity contribution < 1.29 is 0 Å². The highest BCUT2D eigenvalue weighted by Crippen LogP contribution is 2.19. The van der Waals surface area contributed by atoms with Crippen molar-refractivity contribution in [1.29, 1.82) is 0 Å². The molecule has 2 aromatic heterocycles. The lowest BCUT2D eigenvalue weighted by Crippen LogP contribution is -2.16. The molecule has 0 spiro atoms. The number of aromatic nitrogens is 3. The molecule has 0 aromatic carbocycles. The van der Waals surface area contributed by atoms with Gasteiger partial charge in [-0.2, -0.15) is 0 Å². The Kier molecular flexibility index (Phi) is 3.33. The van der Waals surface area contributed by atoms with E-state index in [1.54, 1.807) is 0 Å². The van der Waals surface area contributed by atoms with Gasteiger partial charge in [0.1, 0.15) is 0 Å². The monoisotopic (exact) mass is 232 g/mol. The topological polar surface area (TPSA) is 48.8 Å². The first kappa shape index (κ1) is 11.9. The number of hydrogen-bond donors (Lipinski definition) is 1. The highest BCUT2D eigenvalue weighted by atomic mass is 15.1. The maximum absolute atomic E-state index is 6.12. The minimum atomic E-state index is 0.114. The summed E-state index contributed by atoms with van der Waals surface area (Å²) in [5.74, 6) is 0.461. The molecular weight excluding hydrogens is 212 g/mol. The fourth-order valence-electron chi connectivity index (χ4n) is 1.86. The van der Waals surface area contributed by atoms with Crippen molar-refractivity contribution in [1.82, 2.24) is 14.1 Å². The Morgan fingerprint density at radius 2 is 2.18 bits per heavy atom. The van der Waals surface area contributed by atoms with Gasteiger partial charge < -0.3 is 14.9 Å². The predicted molar refractivity (Wildman–Crippen MR) is 68.5 cm³/mol. The lowest BCUT2D eigenvalue weighted by molar-refractivity contribution is 0.513. The molecule has 0 aliphatic heterocycles. The second-order valence-electron chi connectivity index (χ2n) is 4.88. The van der Waals surface area contributed by atoms with Gasteiger partial charge in [-0.25, -0.2) is 4.98 Å². The van der Waals surface area contributed by atoms with Gasteiger partial charge in [-0.15, -0.1) is 0 Å². The van der Waals surface area contributed by atoms with E-state index in [0.29, 0.717) is 5.92 Å². The first-order valence-corrected chi connectivity index (χ1v) is 5.94. The molecule has 2 aromatic rings. The Hall–Kier alpha value is -1.55. The zero-order valence-electron chi connectivity index (χ0n) is 10.7. The Morgan fingerprint density at radius 1 is 1.41 bits per heavy atom. The number of hydrogen-bond acceptors (Lipinski definition) is 2. The Morgan fingerprint density at radius 3 is 2.76 bits per heavy atom. The molecule has 17 heavy (non-hydrogen) atoms. The predicted octanol–water partition coefficient (Wildman–Crippen LogP) is 1.93. The summed E-state index contributed by atoms with van der Waals surface area (Å²) in [5.41, 5.74) is 8.51. The molecule has 0 radical (unpaired) electrons. The first-order chi connectivity index (χ1) is 8.08. The van der Waals surface area contributed by atoms with E-state index in [-0.39, 0.29) is 6.04 Å². The SMILES string of the molecule is CC(C)C(N)c1ccn(Cc2cncn2C)c1. The van der Waals surface area contributed by atoms with E-state index in [4.69, 9.17) is 5.73 Å². The molecule has 1 unspecified atom stereocenters. The van der Waals surface area contributed by atoms with Crippen LogP contribution in [-0.4, -0.2) is 14.1 Å². The lowest BCUT2D eigenvalue weighted by atomic mass is 10.00. The van der Waals surface area contributed by atoms with Crippen LogP contribution in [0, 0.1) is 5.92 Å².